The molecule has 2 aromatic carbocycles. The molecule has 0 aliphatic heterocycles. The number of halogens is 1. The Morgan fingerprint density at radius 1 is 1.15 bits per heavy atom. The van der Waals surface area contributed by atoms with Gasteiger partial charge in [0.1, 0.15) is 5.75 Å². The van der Waals surface area contributed by atoms with Crippen LogP contribution in [0.15, 0.2) is 41.8 Å². The van der Waals surface area contributed by atoms with Gasteiger partial charge in [0.2, 0.25) is 0 Å². The van der Waals surface area contributed by atoms with E-state index in [0.717, 1.165) is 16.8 Å². The van der Waals surface area contributed by atoms with Gasteiger partial charge in [-0.3, -0.25) is 5.32 Å². The average molecular weight is 388 g/mol. The highest BCUT2D eigenvalue weighted by Gasteiger charge is 2.12. The van der Waals surface area contributed by atoms with Gasteiger partial charge in [0.15, 0.2) is 5.13 Å². The van der Waals surface area contributed by atoms with E-state index in [0.29, 0.717) is 21.6 Å². The molecule has 134 valence electrons. The number of carbonyl (C=O) groups excluding carboxylic acids is 1. The molecule has 0 atom stereocenters. The minimum atomic E-state index is -0.410. The molecule has 0 spiro atoms. The summed E-state index contributed by atoms with van der Waals surface area (Å²) in [5, 5.41) is 8.42. The SMILES string of the molecule is COc1ccc(Cl)cc1NC(=O)Nc1nc(-c2cc(C)ccc2C)cs1. The molecule has 2 N–H and O–H groups in total. The fourth-order valence-corrected chi connectivity index (χ4v) is 3.37. The number of ether oxygens (including phenoxy) is 1. The molecule has 0 radical (unpaired) electrons. The number of nitrogens with zero attached hydrogens (tertiary/aromatic N) is 1. The molecule has 2 amide bonds. The summed E-state index contributed by atoms with van der Waals surface area (Å²) < 4.78 is 5.22. The Hall–Kier alpha value is -2.57. The number of carbonyl (C=O) groups is 1. The molecule has 0 saturated carbocycles. The Kier molecular flexibility index (Phi) is 5.44. The van der Waals surface area contributed by atoms with Gasteiger partial charge in [-0.15, -0.1) is 11.3 Å². The van der Waals surface area contributed by atoms with Crippen LogP contribution in [0.2, 0.25) is 5.02 Å². The quantitative estimate of drug-likeness (QED) is 0.600. The number of urea groups is 1. The number of nitrogens with one attached hydrogen (secondary N) is 2. The highest BCUT2D eigenvalue weighted by Crippen LogP contribution is 2.30. The lowest BCUT2D eigenvalue weighted by atomic mass is 10.0. The molecular weight excluding hydrogens is 370 g/mol. The maximum Gasteiger partial charge on any atom is 0.325 e. The second-order valence-electron chi connectivity index (χ2n) is 5.78. The third-order valence-electron chi connectivity index (χ3n) is 3.80. The van der Waals surface area contributed by atoms with Gasteiger partial charge in [-0.1, -0.05) is 29.3 Å². The van der Waals surface area contributed by atoms with Crippen LogP contribution in [-0.2, 0) is 0 Å². The second kappa shape index (κ2) is 7.76. The summed E-state index contributed by atoms with van der Waals surface area (Å²) in [5.74, 6) is 0.528. The summed E-state index contributed by atoms with van der Waals surface area (Å²) in [6.45, 7) is 4.08. The van der Waals surface area contributed by atoms with Crippen LogP contribution in [0.3, 0.4) is 0 Å². The Balaban J connectivity index is 1.74. The van der Waals surface area contributed by atoms with Crippen LogP contribution < -0.4 is 15.4 Å². The molecule has 0 fully saturated rings. The Labute approximate surface area is 161 Å². The van der Waals surface area contributed by atoms with E-state index in [1.54, 1.807) is 18.2 Å². The Morgan fingerprint density at radius 3 is 2.73 bits per heavy atom. The van der Waals surface area contributed by atoms with Crippen molar-refractivity contribution in [1.29, 1.82) is 0 Å². The van der Waals surface area contributed by atoms with Gasteiger partial charge >= 0.3 is 6.03 Å². The number of amides is 2. The monoisotopic (exact) mass is 387 g/mol. The Morgan fingerprint density at radius 2 is 1.96 bits per heavy atom. The van der Waals surface area contributed by atoms with Crippen LogP contribution in [0.25, 0.3) is 11.3 Å². The molecule has 3 rings (SSSR count). The zero-order valence-electron chi connectivity index (χ0n) is 14.6. The number of methoxy groups -OCH3 is 1. The first kappa shape index (κ1) is 18.2. The molecule has 0 unspecified atom stereocenters. The van der Waals surface area contributed by atoms with Crippen molar-refractivity contribution in [2.45, 2.75) is 13.8 Å². The van der Waals surface area contributed by atoms with E-state index in [2.05, 4.69) is 33.8 Å². The van der Waals surface area contributed by atoms with E-state index in [1.165, 1.54) is 24.0 Å². The van der Waals surface area contributed by atoms with E-state index in [1.807, 2.05) is 19.2 Å². The van der Waals surface area contributed by atoms with E-state index in [-0.39, 0.29) is 0 Å². The molecule has 0 saturated heterocycles. The van der Waals surface area contributed by atoms with E-state index in [4.69, 9.17) is 16.3 Å². The first-order valence-corrected chi connectivity index (χ1v) is 9.16. The van der Waals surface area contributed by atoms with Gasteiger partial charge in [-0.2, -0.15) is 0 Å². The van der Waals surface area contributed by atoms with Crippen LogP contribution in [0.1, 0.15) is 11.1 Å². The molecule has 0 bridgehead atoms. The van der Waals surface area contributed by atoms with Gasteiger partial charge in [0.05, 0.1) is 18.5 Å². The third-order valence-corrected chi connectivity index (χ3v) is 4.80. The summed E-state index contributed by atoms with van der Waals surface area (Å²) in [6.07, 6.45) is 0. The standard InChI is InChI=1S/C19H18ClN3O2S/c1-11-4-5-12(2)14(8-11)16-10-26-19(22-16)23-18(24)21-15-9-13(20)6-7-17(15)25-3/h4-10H,1-3H3,(H2,21,22,23,24). The van der Waals surface area contributed by atoms with Crippen LogP contribution >= 0.6 is 22.9 Å². The smallest absolute Gasteiger partial charge is 0.325 e. The first-order chi connectivity index (χ1) is 12.5. The summed E-state index contributed by atoms with van der Waals surface area (Å²) in [5.41, 5.74) is 4.70. The predicted molar refractivity (Wildman–Crippen MR) is 108 cm³/mol. The molecule has 26 heavy (non-hydrogen) atoms. The largest absolute Gasteiger partial charge is 0.495 e. The van der Waals surface area contributed by atoms with Crippen molar-refractivity contribution in [2.75, 3.05) is 17.7 Å². The first-order valence-electron chi connectivity index (χ1n) is 7.91. The summed E-state index contributed by atoms with van der Waals surface area (Å²) in [4.78, 5) is 16.8. The molecule has 7 heteroatoms. The second-order valence-corrected chi connectivity index (χ2v) is 7.07. The topological polar surface area (TPSA) is 63.2 Å². The van der Waals surface area contributed by atoms with Gasteiger partial charge in [0, 0.05) is 16.0 Å². The lowest BCUT2D eigenvalue weighted by molar-refractivity contribution is 0.262. The van der Waals surface area contributed by atoms with Crippen molar-refractivity contribution < 1.29 is 9.53 Å². The number of rotatable bonds is 4. The Bertz CT molecular complexity index is 956. The predicted octanol–water partition coefficient (Wildman–Crippen LogP) is 5.73. The molecule has 3 aromatic rings. The number of aromatic nitrogens is 1. The van der Waals surface area contributed by atoms with Gasteiger partial charge in [0.25, 0.3) is 0 Å². The summed E-state index contributed by atoms with van der Waals surface area (Å²) in [6, 6.07) is 10.8. The number of benzene rings is 2. The van der Waals surface area contributed by atoms with Crippen LogP contribution in [-0.4, -0.2) is 18.1 Å². The zero-order chi connectivity index (χ0) is 18.7. The van der Waals surface area contributed by atoms with Crippen molar-refractivity contribution in [2.24, 2.45) is 0 Å². The zero-order valence-corrected chi connectivity index (χ0v) is 16.2. The maximum absolute atomic E-state index is 12.3. The van der Waals surface area contributed by atoms with E-state index < -0.39 is 6.03 Å². The third kappa shape index (κ3) is 4.15. The number of hydrogen-bond acceptors (Lipinski definition) is 4. The lowest BCUT2D eigenvalue weighted by Crippen LogP contribution is -2.19. The molecule has 0 aliphatic carbocycles. The number of hydrogen-bond donors (Lipinski definition) is 2. The fourth-order valence-electron chi connectivity index (χ4n) is 2.50. The van der Waals surface area contributed by atoms with E-state index in [9.17, 15) is 4.79 Å². The number of anilines is 2. The lowest BCUT2D eigenvalue weighted by Gasteiger charge is -2.10. The minimum absolute atomic E-state index is 0.410. The average Bonchev–Trinajstić information content (AvgIpc) is 3.05. The molecule has 0 aliphatic rings. The van der Waals surface area contributed by atoms with Crippen LogP contribution in [0, 0.1) is 13.8 Å². The van der Waals surface area contributed by atoms with E-state index >= 15 is 0 Å². The highest BCUT2D eigenvalue weighted by molar-refractivity contribution is 7.14. The number of thiazole rings is 1. The fraction of sp³-hybridized carbons (Fsp3) is 0.158. The molecule has 1 aromatic heterocycles. The van der Waals surface area contributed by atoms with Crippen molar-refractivity contribution >= 4 is 39.8 Å². The van der Waals surface area contributed by atoms with Crippen LogP contribution in [0.5, 0.6) is 5.75 Å². The summed E-state index contributed by atoms with van der Waals surface area (Å²) in [7, 11) is 1.53. The highest BCUT2D eigenvalue weighted by atomic mass is 35.5. The van der Waals surface area contributed by atoms with Gasteiger partial charge in [-0.25, -0.2) is 9.78 Å². The van der Waals surface area contributed by atoms with Gasteiger partial charge < -0.3 is 10.1 Å². The molecule has 1 heterocycles. The molecular formula is C19H18ClN3O2S. The van der Waals surface area contributed by atoms with Crippen molar-refractivity contribution in [3.8, 4) is 17.0 Å². The minimum Gasteiger partial charge on any atom is -0.495 e. The van der Waals surface area contributed by atoms with Crippen molar-refractivity contribution in [1.82, 2.24) is 4.98 Å². The normalized spacial score (nSPS) is 10.5. The van der Waals surface area contributed by atoms with Crippen LogP contribution in [0.4, 0.5) is 15.6 Å². The van der Waals surface area contributed by atoms with Gasteiger partial charge in [-0.05, 0) is 43.7 Å². The molecule has 5 nitrogen and oxygen atoms in total. The van der Waals surface area contributed by atoms with Crippen molar-refractivity contribution in [3.05, 3.63) is 57.9 Å². The maximum atomic E-state index is 12.3. The number of aryl methyl sites for hydroxylation is 2. The van der Waals surface area contributed by atoms with Crippen molar-refractivity contribution in [3.63, 3.8) is 0 Å². The summed E-state index contributed by atoms with van der Waals surface area (Å²) >= 11 is 7.35.